The number of nitrogens with one attached hydrogen (secondary N) is 3. The highest BCUT2D eigenvalue weighted by molar-refractivity contribution is 6.07. The first kappa shape index (κ1) is 25.0. The van der Waals surface area contributed by atoms with E-state index in [-0.39, 0.29) is 5.92 Å². The van der Waals surface area contributed by atoms with E-state index in [1.807, 2.05) is 52.8 Å². The molecule has 0 bridgehead atoms. The Balaban J connectivity index is 2.17. The van der Waals surface area contributed by atoms with Gasteiger partial charge in [0.15, 0.2) is 0 Å². The Morgan fingerprint density at radius 3 is 2.19 bits per heavy atom. The number of hydrogen-bond acceptors (Lipinski definition) is 5. The number of amides is 3. The molecule has 2 aromatic rings. The summed E-state index contributed by atoms with van der Waals surface area (Å²) >= 11 is 0. The van der Waals surface area contributed by atoms with Crippen LogP contribution in [0, 0.1) is 11.3 Å². The maximum atomic E-state index is 13.1. The molecule has 3 N–H and O–H groups in total. The van der Waals surface area contributed by atoms with Crippen molar-refractivity contribution in [2.24, 2.45) is 11.3 Å². The van der Waals surface area contributed by atoms with Crippen molar-refractivity contribution in [1.29, 1.82) is 0 Å². The molecule has 0 saturated carbocycles. The maximum Gasteiger partial charge on any atom is 0.252 e. The van der Waals surface area contributed by atoms with E-state index < -0.39 is 41.3 Å². The minimum atomic E-state index is -0.899. The molecule has 1 aromatic heterocycles. The molecule has 3 amide bonds. The second-order valence-corrected chi connectivity index (χ2v) is 9.29. The zero-order valence-electron chi connectivity index (χ0n) is 19.4. The highest BCUT2D eigenvalue weighted by Crippen LogP contribution is 2.22. The topological polar surface area (TPSA) is 117 Å². The lowest BCUT2D eigenvalue weighted by molar-refractivity contribution is -0.131. The molecule has 0 radical (unpaired) electrons. The Kier molecular flexibility index (Phi) is 8.08. The van der Waals surface area contributed by atoms with Crippen LogP contribution >= 0.6 is 0 Å². The van der Waals surface area contributed by atoms with Crippen LogP contribution in [0.25, 0.3) is 10.9 Å². The SMILES string of the molecule is CC(C)[C@@H](C=O)NC(=O)[C@H](C)NC(=O)[C@@H](NC(=O)c1ccnc2ccccc12)C(C)(C)C. The van der Waals surface area contributed by atoms with E-state index >= 15 is 0 Å². The Bertz CT molecular complexity index is 992. The van der Waals surface area contributed by atoms with Crippen molar-refractivity contribution in [3.05, 3.63) is 42.1 Å². The molecule has 1 aromatic carbocycles. The summed E-state index contributed by atoms with van der Waals surface area (Å²) in [6.45, 7) is 10.6. The molecule has 32 heavy (non-hydrogen) atoms. The van der Waals surface area contributed by atoms with E-state index in [2.05, 4.69) is 20.9 Å². The molecule has 1 heterocycles. The predicted octanol–water partition coefficient (Wildman–Crippen LogP) is 2.22. The Labute approximate surface area is 188 Å². The smallest absolute Gasteiger partial charge is 0.252 e. The third-order valence-electron chi connectivity index (χ3n) is 5.22. The van der Waals surface area contributed by atoms with Crippen LogP contribution in [0.1, 0.15) is 51.9 Å². The first-order chi connectivity index (χ1) is 15.0. The van der Waals surface area contributed by atoms with Gasteiger partial charge in [0.05, 0.1) is 17.1 Å². The third kappa shape index (κ3) is 6.12. The van der Waals surface area contributed by atoms with Gasteiger partial charge in [-0.15, -0.1) is 0 Å². The van der Waals surface area contributed by atoms with Crippen LogP contribution in [0.3, 0.4) is 0 Å². The van der Waals surface area contributed by atoms with Gasteiger partial charge in [0.2, 0.25) is 11.8 Å². The molecule has 3 atom stereocenters. The lowest BCUT2D eigenvalue weighted by Gasteiger charge is -2.31. The second kappa shape index (κ2) is 10.3. The fourth-order valence-electron chi connectivity index (χ4n) is 3.19. The molecule has 172 valence electrons. The summed E-state index contributed by atoms with van der Waals surface area (Å²) in [5.41, 5.74) is 0.466. The van der Waals surface area contributed by atoms with Gasteiger partial charge in [-0.1, -0.05) is 52.8 Å². The molecule has 2 rings (SSSR count). The number of rotatable bonds is 8. The normalized spacial score (nSPS) is 14.3. The third-order valence-corrected chi connectivity index (χ3v) is 5.22. The molecule has 0 saturated heterocycles. The van der Waals surface area contributed by atoms with E-state index in [9.17, 15) is 19.2 Å². The number of fused-ring (bicyclic) bond motifs is 1. The minimum absolute atomic E-state index is 0.0730. The minimum Gasteiger partial charge on any atom is -0.345 e. The first-order valence-electron chi connectivity index (χ1n) is 10.7. The maximum absolute atomic E-state index is 13.1. The summed E-state index contributed by atoms with van der Waals surface area (Å²) in [6.07, 6.45) is 2.22. The molecular weight excluding hydrogens is 408 g/mol. The standard InChI is InChI=1S/C24H32N4O4/c1-14(2)19(13-29)27-21(30)15(3)26-23(32)20(24(4,5)6)28-22(31)17-11-12-25-18-10-8-7-9-16(17)18/h7-15,19-20H,1-6H3,(H,26,32)(H,27,30)(H,28,31)/t15-,19+,20+/m0/s1. The number of hydrogen-bond donors (Lipinski definition) is 3. The number of carbonyl (C=O) groups is 4. The summed E-state index contributed by atoms with van der Waals surface area (Å²) in [6, 6.07) is 6.45. The number of aldehydes is 1. The van der Waals surface area contributed by atoms with Crippen molar-refractivity contribution in [3.63, 3.8) is 0 Å². The highest BCUT2D eigenvalue weighted by Gasteiger charge is 2.35. The van der Waals surface area contributed by atoms with Gasteiger partial charge in [-0.25, -0.2) is 0 Å². The lowest BCUT2D eigenvalue weighted by atomic mass is 9.85. The number of carbonyl (C=O) groups excluding carboxylic acids is 4. The van der Waals surface area contributed by atoms with Gasteiger partial charge in [-0.3, -0.25) is 19.4 Å². The zero-order chi connectivity index (χ0) is 24.1. The van der Waals surface area contributed by atoms with Crippen molar-refractivity contribution in [3.8, 4) is 0 Å². The Morgan fingerprint density at radius 2 is 1.59 bits per heavy atom. The molecule has 0 aliphatic heterocycles. The van der Waals surface area contributed by atoms with Crippen LogP contribution in [-0.4, -0.2) is 47.1 Å². The van der Waals surface area contributed by atoms with Gasteiger partial charge >= 0.3 is 0 Å². The summed E-state index contributed by atoms with van der Waals surface area (Å²) in [5, 5.41) is 8.77. The monoisotopic (exact) mass is 440 g/mol. The highest BCUT2D eigenvalue weighted by atomic mass is 16.2. The second-order valence-electron chi connectivity index (χ2n) is 9.29. The van der Waals surface area contributed by atoms with Gasteiger partial charge in [0.25, 0.3) is 5.91 Å². The summed E-state index contributed by atoms with van der Waals surface area (Å²) in [5.74, 6) is -1.44. The quantitative estimate of drug-likeness (QED) is 0.544. The first-order valence-corrected chi connectivity index (χ1v) is 10.7. The van der Waals surface area contributed by atoms with Crippen molar-refractivity contribution in [2.75, 3.05) is 0 Å². The molecule has 0 spiro atoms. The van der Waals surface area contributed by atoms with Crippen molar-refractivity contribution in [1.82, 2.24) is 20.9 Å². The van der Waals surface area contributed by atoms with Crippen molar-refractivity contribution in [2.45, 2.75) is 59.7 Å². The van der Waals surface area contributed by atoms with Crippen LogP contribution in [0.15, 0.2) is 36.5 Å². The van der Waals surface area contributed by atoms with Gasteiger partial charge < -0.3 is 20.7 Å². The van der Waals surface area contributed by atoms with E-state index in [0.717, 1.165) is 0 Å². The average Bonchev–Trinajstić information content (AvgIpc) is 2.73. The van der Waals surface area contributed by atoms with Gasteiger partial charge in [-0.2, -0.15) is 0 Å². The molecule has 0 aliphatic carbocycles. The van der Waals surface area contributed by atoms with E-state index in [1.54, 1.807) is 18.3 Å². The number of nitrogens with zero attached hydrogens (tertiary/aromatic N) is 1. The molecule has 0 aliphatic rings. The largest absolute Gasteiger partial charge is 0.345 e. The molecule has 0 unspecified atom stereocenters. The molecular formula is C24H32N4O4. The van der Waals surface area contributed by atoms with Crippen LogP contribution in [-0.2, 0) is 14.4 Å². The van der Waals surface area contributed by atoms with Crippen molar-refractivity contribution >= 4 is 34.9 Å². The predicted molar refractivity (Wildman–Crippen MR) is 123 cm³/mol. The summed E-state index contributed by atoms with van der Waals surface area (Å²) < 4.78 is 0. The van der Waals surface area contributed by atoms with Crippen LogP contribution in [0.4, 0.5) is 0 Å². The van der Waals surface area contributed by atoms with Crippen LogP contribution in [0.5, 0.6) is 0 Å². The molecule has 8 nitrogen and oxygen atoms in total. The lowest BCUT2D eigenvalue weighted by Crippen LogP contribution is -2.58. The van der Waals surface area contributed by atoms with Crippen LogP contribution in [0.2, 0.25) is 0 Å². The van der Waals surface area contributed by atoms with E-state index in [0.29, 0.717) is 22.8 Å². The fourth-order valence-corrected chi connectivity index (χ4v) is 3.19. The number of benzene rings is 1. The van der Waals surface area contributed by atoms with Crippen LogP contribution < -0.4 is 16.0 Å². The molecule has 0 fully saturated rings. The van der Waals surface area contributed by atoms with E-state index in [4.69, 9.17) is 0 Å². The number of aromatic nitrogens is 1. The Morgan fingerprint density at radius 1 is 0.938 bits per heavy atom. The van der Waals surface area contributed by atoms with Gasteiger partial charge in [-0.05, 0) is 30.4 Å². The fraction of sp³-hybridized carbons (Fsp3) is 0.458. The number of pyridine rings is 1. The summed E-state index contributed by atoms with van der Waals surface area (Å²) in [4.78, 5) is 54.0. The van der Waals surface area contributed by atoms with Gasteiger partial charge in [0, 0.05) is 11.6 Å². The Hall–Kier alpha value is -3.29. The zero-order valence-corrected chi connectivity index (χ0v) is 19.4. The summed E-state index contributed by atoms with van der Waals surface area (Å²) in [7, 11) is 0. The van der Waals surface area contributed by atoms with E-state index in [1.165, 1.54) is 6.92 Å². The number of para-hydroxylation sites is 1. The average molecular weight is 441 g/mol. The van der Waals surface area contributed by atoms with Gasteiger partial charge in [0.1, 0.15) is 18.4 Å². The van der Waals surface area contributed by atoms with Crippen molar-refractivity contribution < 1.29 is 19.2 Å². The molecule has 8 heteroatoms.